The average Bonchev–Trinajstić information content (AvgIpc) is 3.13. The molecule has 1 fully saturated rings. The van der Waals surface area contributed by atoms with E-state index in [-0.39, 0.29) is 21.0 Å². The maximum Gasteiger partial charge on any atom is 0.362 e. The van der Waals surface area contributed by atoms with E-state index in [4.69, 9.17) is 16.3 Å². The number of hydrogen-bond acceptors (Lipinski definition) is 11. The highest BCUT2D eigenvalue weighted by molar-refractivity contribution is 7.84. The van der Waals surface area contributed by atoms with E-state index < -0.39 is 58.4 Å². The van der Waals surface area contributed by atoms with E-state index >= 15 is 0 Å². The highest BCUT2D eigenvalue weighted by atomic mass is 35.5. The first-order chi connectivity index (χ1) is 14.5. The summed E-state index contributed by atoms with van der Waals surface area (Å²) in [5.41, 5.74) is -0.418. The number of hydrogen-bond donors (Lipinski definition) is 3. The molecule has 2 heterocycles. The Morgan fingerprint density at radius 2 is 2.10 bits per heavy atom. The van der Waals surface area contributed by atoms with Crippen molar-refractivity contribution in [2.45, 2.75) is 19.0 Å². The summed E-state index contributed by atoms with van der Waals surface area (Å²) in [5.74, 6) is -3.75. The zero-order chi connectivity index (χ0) is 23.3. The van der Waals surface area contributed by atoms with Crippen LogP contribution in [-0.2, 0) is 39.1 Å². The predicted molar refractivity (Wildman–Crippen MR) is 106 cm³/mol. The number of nitrogens with zero attached hydrogens (tertiary/aromatic N) is 3. The zero-order valence-corrected chi connectivity index (χ0v) is 18.3. The topological polar surface area (TPSA) is 194 Å². The van der Waals surface area contributed by atoms with E-state index in [1.54, 1.807) is 0 Å². The number of thiazole rings is 1. The van der Waals surface area contributed by atoms with Crippen LogP contribution < -0.4 is 10.6 Å². The van der Waals surface area contributed by atoms with Gasteiger partial charge in [-0.2, -0.15) is 8.42 Å². The van der Waals surface area contributed by atoms with Gasteiger partial charge in [0.05, 0.1) is 0 Å². The van der Waals surface area contributed by atoms with Crippen LogP contribution in [0.5, 0.6) is 0 Å². The van der Waals surface area contributed by atoms with Gasteiger partial charge in [-0.25, -0.2) is 9.29 Å². The number of ether oxygens (including phenoxy) is 1. The number of nitrogens with one attached hydrogen (secondary N) is 2. The SMILES string of the molecule is CON=C(C(=O)N[C@H]1C(=O)N(S(=O)(=O)O)[C@@H]1COC(C)=O)c1csc(NC(=O)CCl)n1. The summed E-state index contributed by atoms with van der Waals surface area (Å²) in [6.45, 7) is 0.450. The Balaban J connectivity index is 2.21. The first kappa shape index (κ1) is 24.4. The molecule has 1 aliphatic rings. The molecule has 0 unspecified atom stereocenters. The largest absolute Gasteiger partial charge is 0.464 e. The maximum atomic E-state index is 12.7. The molecule has 0 saturated carbocycles. The molecule has 2 rings (SSSR count). The van der Waals surface area contributed by atoms with Crippen molar-refractivity contribution in [1.29, 1.82) is 0 Å². The number of carbonyl (C=O) groups excluding carboxylic acids is 4. The lowest BCUT2D eigenvalue weighted by atomic mass is 9.99. The normalized spacial score (nSPS) is 18.8. The molecular formula is C14H16ClN5O9S2. The maximum absolute atomic E-state index is 12.7. The number of carbonyl (C=O) groups is 4. The highest BCUT2D eigenvalue weighted by Gasteiger charge is 2.54. The number of aromatic nitrogens is 1. The number of oxime groups is 1. The summed E-state index contributed by atoms with van der Waals surface area (Å²) in [7, 11) is -3.80. The van der Waals surface area contributed by atoms with Crippen LogP contribution in [0.3, 0.4) is 0 Å². The van der Waals surface area contributed by atoms with Gasteiger partial charge in [0.25, 0.3) is 11.8 Å². The van der Waals surface area contributed by atoms with E-state index in [1.165, 1.54) is 5.38 Å². The predicted octanol–water partition coefficient (Wildman–Crippen LogP) is -1.27. The number of alkyl halides is 1. The Morgan fingerprint density at radius 3 is 2.65 bits per heavy atom. The molecule has 14 nitrogen and oxygen atoms in total. The summed E-state index contributed by atoms with van der Waals surface area (Å²) >= 11 is 6.35. The molecular weight excluding hydrogens is 482 g/mol. The van der Waals surface area contributed by atoms with Gasteiger partial charge in [0.1, 0.15) is 37.4 Å². The van der Waals surface area contributed by atoms with Crippen molar-refractivity contribution >= 4 is 67.8 Å². The first-order valence-corrected chi connectivity index (χ1v) is 11.0. The summed E-state index contributed by atoms with van der Waals surface area (Å²) in [6.07, 6.45) is 0. The Morgan fingerprint density at radius 1 is 1.42 bits per heavy atom. The molecule has 31 heavy (non-hydrogen) atoms. The third kappa shape index (κ3) is 5.87. The average molecular weight is 498 g/mol. The van der Waals surface area contributed by atoms with E-state index in [0.717, 1.165) is 25.4 Å². The van der Waals surface area contributed by atoms with Gasteiger partial charge >= 0.3 is 16.3 Å². The molecule has 170 valence electrons. The van der Waals surface area contributed by atoms with Gasteiger partial charge in [-0.3, -0.25) is 23.7 Å². The molecule has 0 spiro atoms. The molecule has 0 bridgehead atoms. The van der Waals surface area contributed by atoms with Gasteiger partial charge in [0, 0.05) is 12.3 Å². The van der Waals surface area contributed by atoms with Crippen molar-refractivity contribution in [3.05, 3.63) is 11.1 Å². The van der Waals surface area contributed by atoms with Crippen molar-refractivity contribution in [3.8, 4) is 0 Å². The molecule has 0 radical (unpaired) electrons. The molecule has 3 N–H and O–H groups in total. The molecule has 1 saturated heterocycles. The lowest BCUT2D eigenvalue weighted by Gasteiger charge is -2.43. The Bertz CT molecular complexity index is 1030. The van der Waals surface area contributed by atoms with Crippen molar-refractivity contribution in [3.63, 3.8) is 0 Å². The lowest BCUT2D eigenvalue weighted by molar-refractivity contribution is -0.154. The zero-order valence-electron chi connectivity index (χ0n) is 15.9. The van der Waals surface area contributed by atoms with Crippen molar-refractivity contribution < 1.29 is 41.7 Å². The summed E-state index contributed by atoms with van der Waals surface area (Å²) in [5, 5.41) is 9.64. The first-order valence-electron chi connectivity index (χ1n) is 8.17. The molecule has 17 heteroatoms. The number of anilines is 1. The number of halogens is 1. The molecule has 3 amide bonds. The standard InChI is InChI=1S/C14H16ClN5O9S2/c1-6(21)29-4-8-11(13(24)20(8)31(25,26)27)18-12(23)10(19-28-2)7-5-30-14(16-7)17-9(22)3-15/h5,8,11H,3-4H2,1-2H3,(H,18,23)(H,16,17,22)(H,25,26,27)/t8-,11-/m1/s1. The fourth-order valence-corrected chi connectivity index (χ4v) is 4.07. The Kier molecular flexibility index (Phi) is 7.88. The Hall–Kier alpha value is -2.82. The van der Waals surface area contributed by atoms with E-state index in [1.807, 2.05) is 0 Å². The van der Waals surface area contributed by atoms with Gasteiger partial charge in [-0.15, -0.1) is 22.9 Å². The molecule has 2 atom stereocenters. The van der Waals surface area contributed by atoms with Crippen molar-refractivity contribution in [2.24, 2.45) is 5.16 Å². The molecule has 1 aromatic heterocycles. The van der Waals surface area contributed by atoms with Crippen molar-refractivity contribution in [2.75, 3.05) is 24.9 Å². The van der Waals surface area contributed by atoms with Gasteiger partial charge in [-0.05, 0) is 0 Å². The van der Waals surface area contributed by atoms with Crippen LogP contribution in [0.25, 0.3) is 0 Å². The van der Waals surface area contributed by atoms with Crippen LogP contribution in [0, 0.1) is 0 Å². The number of amides is 3. The number of β-lactam (4-membered cyclic amide) rings is 1. The fraction of sp³-hybridized carbons (Fsp3) is 0.429. The minimum Gasteiger partial charge on any atom is -0.464 e. The van der Waals surface area contributed by atoms with Crippen LogP contribution in [0.1, 0.15) is 12.6 Å². The van der Waals surface area contributed by atoms with Crippen molar-refractivity contribution in [1.82, 2.24) is 14.6 Å². The van der Waals surface area contributed by atoms with Gasteiger partial charge in [0.2, 0.25) is 5.91 Å². The second-order valence-corrected chi connectivity index (χ2v) is 8.19. The third-order valence-electron chi connectivity index (χ3n) is 3.67. The molecule has 0 aliphatic carbocycles. The monoisotopic (exact) mass is 497 g/mol. The minimum atomic E-state index is -4.95. The molecule has 1 aromatic rings. The van der Waals surface area contributed by atoms with Crippen LogP contribution in [-0.4, -0.2) is 83.3 Å². The lowest BCUT2D eigenvalue weighted by Crippen LogP contribution is -2.73. The highest BCUT2D eigenvalue weighted by Crippen LogP contribution is 2.24. The fourth-order valence-electron chi connectivity index (χ4n) is 2.43. The smallest absolute Gasteiger partial charge is 0.362 e. The number of rotatable bonds is 9. The molecule has 1 aliphatic heterocycles. The van der Waals surface area contributed by atoms with Gasteiger partial charge < -0.3 is 20.2 Å². The minimum absolute atomic E-state index is 0.0239. The van der Waals surface area contributed by atoms with Gasteiger partial charge in [-0.1, -0.05) is 5.16 Å². The van der Waals surface area contributed by atoms with E-state index in [0.29, 0.717) is 0 Å². The summed E-state index contributed by atoms with van der Waals surface area (Å²) in [6, 6.07) is -2.84. The second kappa shape index (κ2) is 9.99. The summed E-state index contributed by atoms with van der Waals surface area (Å²) in [4.78, 5) is 55.8. The van der Waals surface area contributed by atoms with Crippen LogP contribution in [0.4, 0.5) is 5.13 Å². The molecule has 0 aromatic carbocycles. The quantitative estimate of drug-likeness (QED) is 0.0924. The third-order valence-corrected chi connectivity index (χ3v) is 5.62. The van der Waals surface area contributed by atoms with E-state index in [9.17, 15) is 32.1 Å². The number of esters is 1. The van der Waals surface area contributed by atoms with Gasteiger partial charge in [0.15, 0.2) is 10.8 Å². The second-order valence-electron chi connectivity index (χ2n) is 5.78. The summed E-state index contributed by atoms with van der Waals surface area (Å²) < 4.78 is 36.8. The van der Waals surface area contributed by atoms with Crippen LogP contribution in [0.2, 0.25) is 0 Å². The Labute approximate surface area is 184 Å². The van der Waals surface area contributed by atoms with E-state index in [2.05, 4.69) is 25.6 Å². The van der Waals surface area contributed by atoms with Crippen LogP contribution in [0.15, 0.2) is 10.5 Å². The van der Waals surface area contributed by atoms with Crippen LogP contribution >= 0.6 is 22.9 Å².